The maximum absolute atomic E-state index is 13.5. The van der Waals surface area contributed by atoms with Crippen LogP contribution in [0.1, 0.15) is 28.0 Å². The number of aromatic nitrogens is 1. The van der Waals surface area contributed by atoms with Crippen molar-refractivity contribution >= 4 is 22.5 Å². The summed E-state index contributed by atoms with van der Waals surface area (Å²) in [6, 6.07) is 14.2. The number of para-hydroxylation sites is 1. The molecule has 0 radical (unpaired) electrons. The molecule has 0 bridgehead atoms. The van der Waals surface area contributed by atoms with Crippen molar-refractivity contribution in [2.45, 2.75) is 19.8 Å². The predicted molar refractivity (Wildman–Crippen MR) is 92.9 cm³/mol. The van der Waals surface area contributed by atoms with Crippen molar-refractivity contribution in [2.24, 2.45) is 0 Å². The van der Waals surface area contributed by atoms with E-state index in [0.717, 1.165) is 18.5 Å². The Labute approximate surface area is 139 Å². The number of benzene rings is 2. The molecule has 1 aliphatic rings. The highest BCUT2D eigenvalue weighted by atomic mass is 19.1. The molecular weight excluding hydrogens is 303 g/mol. The number of rotatable bonds is 1. The zero-order chi connectivity index (χ0) is 16.7. The summed E-state index contributed by atoms with van der Waals surface area (Å²) in [4.78, 5) is 19.4. The topological polar surface area (TPSA) is 33.2 Å². The van der Waals surface area contributed by atoms with Crippen LogP contribution < -0.4 is 4.90 Å². The number of pyridine rings is 1. The van der Waals surface area contributed by atoms with E-state index in [2.05, 4.69) is 11.1 Å². The first-order chi connectivity index (χ1) is 11.6. The maximum Gasteiger partial charge on any atom is 0.260 e. The number of hydrogen-bond acceptors (Lipinski definition) is 2. The molecule has 0 N–H and O–H groups in total. The van der Waals surface area contributed by atoms with Gasteiger partial charge in [0.15, 0.2) is 0 Å². The van der Waals surface area contributed by atoms with E-state index in [0.29, 0.717) is 28.7 Å². The monoisotopic (exact) mass is 320 g/mol. The molecule has 1 aromatic heterocycles. The van der Waals surface area contributed by atoms with Crippen LogP contribution in [0.15, 0.2) is 48.5 Å². The van der Waals surface area contributed by atoms with Gasteiger partial charge in [0.25, 0.3) is 5.91 Å². The molecule has 4 rings (SSSR count). The second kappa shape index (κ2) is 5.71. The van der Waals surface area contributed by atoms with Crippen LogP contribution >= 0.6 is 0 Å². The molecule has 2 heterocycles. The third-order valence-electron chi connectivity index (χ3n) is 4.55. The Morgan fingerprint density at radius 2 is 2.00 bits per heavy atom. The van der Waals surface area contributed by atoms with Crippen molar-refractivity contribution in [2.75, 3.05) is 11.4 Å². The Morgan fingerprint density at radius 3 is 2.88 bits per heavy atom. The Morgan fingerprint density at radius 1 is 1.17 bits per heavy atom. The molecular formula is C20H17FN2O. The fourth-order valence-electron chi connectivity index (χ4n) is 3.35. The standard InChI is InChI=1S/C20H17FN2O/c1-13-17(12-15-11-16(21)8-9-18(15)22-13)20(24)23-10-4-6-14-5-2-3-7-19(14)23/h2-3,5,7-9,11-12H,4,6,10H2,1H3. The average molecular weight is 320 g/mol. The lowest BCUT2D eigenvalue weighted by atomic mass is 10.00. The van der Waals surface area contributed by atoms with Crippen LogP contribution in [0.4, 0.5) is 10.1 Å². The first kappa shape index (κ1) is 14.8. The van der Waals surface area contributed by atoms with Gasteiger partial charge in [-0.25, -0.2) is 4.39 Å². The summed E-state index contributed by atoms with van der Waals surface area (Å²) in [6.07, 6.45) is 1.93. The molecule has 0 saturated heterocycles. The Kier molecular flexibility index (Phi) is 3.53. The molecule has 0 saturated carbocycles. The van der Waals surface area contributed by atoms with Gasteiger partial charge in [0.05, 0.1) is 16.8 Å². The van der Waals surface area contributed by atoms with E-state index in [4.69, 9.17) is 0 Å². The van der Waals surface area contributed by atoms with Gasteiger partial charge in [0.2, 0.25) is 0 Å². The Hall–Kier alpha value is -2.75. The van der Waals surface area contributed by atoms with Crippen molar-refractivity contribution < 1.29 is 9.18 Å². The summed E-state index contributed by atoms with van der Waals surface area (Å²) in [5.74, 6) is -0.395. The number of halogens is 1. The summed E-state index contributed by atoms with van der Waals surface area (Å²) in [6.45, 7) is 2.52. The molecule has 0 unspecified atom stereocenters. The average Bonchev–Trinajstić information content (AvgIpc) is 2.60. The van der Waals surface area contributed by atoms with Crippen LogP contribution in [0.25, 0.3) is 10.9 Å². The van der Waals surface area contributed by atoms with Gasteiger partial charge in [-0.15, -0.1) is 0 Å². The molecule has 0 spiro atoms. The van der Waals surface area contributed by atoms with Crippen LogP contribution in [0, 0.1) is 12.7 Å². The largest absolute Gasteiger partial charge is 0.308 e. The van der Waals surface area contributed by atoms with Gasteiger partial charge >= 0.3 is 0 Å². The lowest BCUT2D eigenvalue weighted by molar-refractivity contribution is 0.0984. The quantitative estimate of drug-likeness (QED) is 0.670. The highest BCUT2D eigenvalue weighted by molar-refractivity contribution is 6.08. The summed E-state index contributed by atoms with van der Waals surface area (Å²) >= 11 is 0. The van der Waals surface area contributed by atoms with E-state index in [1.54, 1.807) is 12.1 Å². The zero-order valence-electron chi connectivity index (χ0n) is 13.4. The van der Waals surface area contributed by atoms with Gasteiger partial charge in [0, 0.05) is 17.6 Å². The first-order valence-corrected chi connectivity index (χ1v) is 8.10. The number of anilines is 1. The number of carbonyl (C=O) groups excluding carboxylic acids is 1. The molecule has 0 atom stereocenters. The minimum Gasteiger partial charge on any atom is -0.308 e. The number of carbonyl (C=O) groups is 1. The van der Waals surface area contributed by atoms with Gasteiger partial charge in [-0.2, -0.15) is 0 Å². The highest BCUT2D eigenvalue weighted by Crippen LogP contribution is 2.29. The molecule has 4 heteroatoms. The lowest BCUT2D eigenvalue weighted by Crippen LogP contribution is -2.36. The van der Waals surface area contributed by atoms with Crippen LogP contribution in [0.5, 0.6) is 0 Å². The van der Waals surface area contributed by atoms with E-state index in [1.807, 2.05) is 30.0 Å². The summed E-state index contributed by atoms with van der Waals surface area (Å²) in [7, 11) is 0. The van der Waals surface area contributed by atoms with E-state index in [1.165, 1.54) is 17.7 Å². The number of amides is 1. The number of fused-ring (bicyclic) bond motifs is 2. The van der Waals surface area contributed by atoms with E-state index in [-0.39, 0.29) is 11.7 Å². The van der Waals surface area contributed by atoms with Crippen LogP contribution in [-0.2, 0) is 6.42 Å². The number of aryl methyl sites for hydroxylation is 2. The zero-order valence-corrected chi connectivity index (χ0v) is 13.4. The second-order valence-corrected chi connectivity index (χ2v) is 6.15. The fraction of sp³-hybridized carbons (Fsp3) is 0.200. The van der Waals surface area contributed by atoms with Crippen LogP contribution in [-0.4, -0.2) is 17.4 Å². The predicted octanol–water partition coefficient (Wildman–Crippen LogP) is 4.28. The van der Waals surface area contributed by atoms with Gasteiger partial charge < -0.3 is 4.90 Å². The van der Waals surface area contributed by atoms with E-state index in [9.17, 15) is 9.18 Å². The minimum atomic E-state index is -0.324. The summed E-state index contributed by atoms with van der Waals surface area (Å²) < 4.78 is 13.5. The molecule has 1 aliphatic heterocycles. The van der Waals surface area contributed by atoms with E-state index < -0.39 is 0 Å². The van der Waals surface area contributed by atoms with Gasteiger partial charge in [-0.1, -0.05) is 18.2 Å². The molecule has 3 aromatic rings. The minimum absolute atomic E-state index is 0.0710. The summed E-state index contributed by atoms with van der Waals surface area (Å²) in [5, 5.41) is 0.647. The normalized spacial score (nSPS) is 13.8. The van der Waals surface area contributed by atoms with Gasteiger partial charge in [0.1, 0.15) is 5.82 Å². The van der Waals surface area contributed by atoms with Crippen LogP contribution in [0.2, 0.25) is 0 Å². The van der Waals surface area contributed by atoms with Gasteiger partial charge in [-0.3, -0.25) is 9.78 Å². The molecule has 0 fully saturated rings. The highest BCUT2D eigenvalue weighted by Gasteiger charge is 2.25. The third-order valence-corrected chi connectivity index (χ3v) is 4.55. The second-order valence-electron chi connectivity index (χ2n) is 6.15. The number of hydrogen-bond donors (Lipinski definition) is 0. The fourth-order valence-corrected chi connectivity index (χ4v) is 3.35. The first-order valence-electron chi connectivity index (χ1n) is 8.10. The Bertz CT molecular complexity index is 952. The molecule has 24 heavy (non-hydrogen) atoms. The Balaban J connectivity index is 1.80. The van der Waals surface area contributed by atoms with Crippen LogP contribution in [0.3, 0.4) is 0 Å². The molecule has 3 nitrogen and oxygen atoms in total. The van der Waals surface area contributed by atoms with Crippen molar-refractivity contribution in [3.05, 3.63) is 71.2 Å². The van der Waals surface area contributed by atoms with Crippen molar-refractivity contribution in [3.63, 3.8) is 0 Å². The summed E-state index contributed by atoms with van der Waals surface area (Å²) in [5.41, 5.74) is 4.05. The van der Waals surface area contributed by atoms with Gasteiger partial charge in [-0.05, 0) is 55.7 Å². The van der Waals surface area contributed by atoms with Crippen molar-refractivity contribution in [1.82, 2.24) is 4.98 Å². The maximum atomic E-state index is 13.5. The van der Waals surface area contributed by atoms with Crippen molar-refractivity contribution in [3.8, 4) is 0 Å². The molecule has 0 aliphatic carbocycles. The molecule has 2 aromatic carbocycles. The molecule has 120 valence electrons. The third kappa shape index (κ3) is 2.44. The smallest absolute Gasteiger partial charge is 0.260 e. The SMILES string of the molecule is Cc1nc2ccc(F)cc2cc1C(=O)N1CCCc2ccccc21. The van der Waals surface area contributed by atoms with Crippen molar-refractivity contribution in [1.29, 1.82) is 0 Å². The molecule has 1 amide bonds. The van der Waals surface area contributed by atoms with E-state index >= 15 is 0 Å². The lowest BCUT2D eigenvalue weighted by Gasteiger charge is -2.29. The number of nitrogens with zero attached hydrogens (tertiary/aromatic N) is 2.